The maximum atomic E-state index is 12.5. The molecule has 3 rings (SSSR count). The van der Waals surface area contributed by atoms with Gasteiger partial charge in [0.2, 0.25) is 5.91 Å². The lowest BCUT2D eigenvalue weighted by Crippen LogP contribution is -2.32. The Morgan fingerprint density at radius 1 is 1.22 bits per heavy atom. The third-order valence-electron chi connectivity index (χ3n) is 4.95. The van der Waals surface area contributed by atoms with Crippen molar-refractivity contribution in [1.29, 1.82) is 0 Å². The van der Waals surface area contributed by atoms with Crippen LogP contribution in [0.25, 0.3) is 0 Å². The lowest BCUT2D eigenvalue weighted by molar-refractivity contribution is -0.131. The number of nitrogens with zero attached hydrogens (tertiary/aromatic N) is 3. The molecule has 0 atom stereocenters. The first-order valence-corrected chi connectivity index (χ1v) is 9.11. The molecule has 0 unspecified atom stereocenters. The van der Waals surface area contributed by atoms with E-state index in [2.05, 4.69) is 23.4 Å². The zero-order valence-corrected chi connectivity index (χ0v) is 14.5. The number of hydrogen-bond donors (Lipinski definition) is 0. The van der Waals surface area contributed by atoms with Crippen molar-refractivity contribution >= 4 is 5.91 Å². The molecule has 3 heterocycles. The van der Waals surface area contributed by atoms with Crippen molar-refractivity contribution in [3.05, 3.63) is 17.0 Å². The van der Waals surface area contributed by atoms with Gasteiger partial charge in [0.15, 0.2) is 0 Å². The van der Waals surface area contributed by atoms with E-state index in [9.17, 15) is 4.79 Å². The standard InChI is InChI=1S/C18H29N3O2/c1-14(2)21-17-9-12-23-13-15(17)16(19-21)7-8-18(22)20-10-5-3-4-6-11-20/h14H,3-13H2,1-2H3. The van der Waals surface area contributed by atoms with Gasteiger partial charge in [-0.25, -0.2) is 0 Å². The number of hydrogen-bond acceptors (Lipinski definition) is 3. The molecule has 0 saturated carbocycles. The molecule has 1 aromatic heterocycles. The first-order valence-electron chi connectivity index (χ1n) is 9.11. The Morgan fingerprint density at radius 2 is 1.96 bits per heavy atom. The van der Waals surface area contributed by atoms with Crippen LogP contribution in [0.5, 0.6) is 0 Å². The Balaban J connectivity index is 1.66. The normalized spacial score (nSPS) is 18.8. The summed E-state index contributed by atoms with van der Waals surface area (Å²) in [6, 6.07) is 0.358. The highest BCUT2D eigenvalue weighted by Gasteiger charge is 2.23. The first kappa shape index (κ1) is 16.5. The number of aromatic nitrogens is 2. The van der Waals surface area contributed by atoms with Gasteiger partial charge in [0, 0.05) is 49.7 Å². The molecule has 128 valence electrons. The van der Waals surface area contributed by atoms with Gasteiger partial charge in [0.25, 0.3) is 0 Å². The predicted molar refractivity (Wildman–Crippen MR) is 89.3 cm³/mol. The average molecular weight is 319 g/mol. The predicted octanol–water partition coefficient (Wildman–Crippen LogP) is 2.87. The van der Waals surface area contributed by atoms with Crippen LogP contribution in [0.3, 0.4) is 0 Å². The van der Waals surface area contributed by atoms with E-state index in [1.165, 1.54) is 24.1 Å². The van der Waals surface area contributed by atoms with Crippen LogP contribution in [-0.2, 0) is 29.0 Å². The van der Waals surface area contributed by atoms with Gasteiger partial charge in [0.1, 0.15) is 0 Å². The number of rotatable bonds is 4. The minimum atomic E-state index is 0.288. The highest BCUT2D eigenvalue weighted by molar-refractivity contribution is 5.76. The number of likely N-dealkylation sites (tertiary alicyclic amines) is 1. The van der Waals surface area contributed by atoms with Crippen molar-refractivity contribution in [3.8, 4) is 0 Å². The maximum absolute atomic E-state index is 12.5. The minimum absolute atomic E-state index is 0.288. The number of carbonyl (C=O) groups excluding carboxylic acids is 1. The van der Waals surface area contributed by atoms with E-state index in [1.807, 2.05) is 0 Å². The number of fused-ring (bicyclic) bond motifs is 1. The summed E-state index contributed by atoms with van der Waals surface area (Å²) in [5, 5.41) is 4.79. The van der Waals surface area contributed by atoms with Gasteiger partial charge in [0.05, 0.1) is 18.9 Å². The fourth-order valence-corrected chi connectivity index (χ4v) is 3.66. The monoisotopic (exact) mass is 319 g/mol. The molecule has 2 aliphatic heterocycles. The molecule has 5 heteroatoms. The molecule has 2 aliphatic rings. The molecule has 0 N–H and O–H groups in total. The molecule has 1 saturated heterocycles. The molecule has 1 fully saturated rings. The fourth-order valence-electron chi connectivity index (χ4n) is 3.66. The quantitative estimate of drug-likeness (QED) is 0.857. The van der Waals surface area contributed by atoms with Crippen molar-refractivity contribution in [2.24, 2.45) is 0 Å². The van der Waals surface area contributed by atoms with Gasteiger partial charge in [-0.2, -0.15) is 5.10 Å². The van der Waals surface area contributed by atoms with Gasteiger partial charge < -0.3 is 9.64 Å². The molecule has 1 aromatic rings. The Labute approximate surface area is 139 Å². The summed E-state index contributed by atoms with van der Waals surface area (Å²) in [5.41, 5.74) is 3.61. The third-order valence-corrected chi connectivity index (χ3v) is 4.95. The van der Waals surface area contributed by atoms with Gasteiger partial charge in [-0.05, 0) is 26.7 Å². The minimum Gasteiger partial charge on any atom is -0.376 e. The number of carbonyl (C=O) groups is 1. The summed E-state index contributed by atoms with van der Waals surface area (Å²) in [4.78, 5) is 14.5. The molecule has 1 amide bonds. The van der Waals surface area contributed by atoms with E-state index in [4.69, 9.17) is 9.84 Å². The van der Waals surface area contributed by atoms with E-state index in [0.717, 1.165) is 51.1 Å². The van der Waals surface area contributed by atoms with Gasteiger partial charge in [-0.3, -0.25) is 9.48 Å². The molecule has 0 bridgehead atoms. The van der Waals surface area contributed by atoms with E-state index in [-0.39, 0.29) is 5.91 Å². The lowest BCUT2D eigenvalue weighted by Gasteiger charge is -2.20. The zero-order chi connectivity index (χ0) is 16.2. The van der Waals surface area contributed by atoms with Crippen molar-refractivity contribution < 1.29 is 9.53 Å². The largest absolute Gasteiger partial charge is 0.376 e. The average Bonchev–Trinajstić information content (AvgIpc) is 2.72. The van der Waals surface area contributed by atoms with Crippen molar-refractivity contribution in [1.82, 2.24) is 14.7 Å². The topological polar surface area (TPSA) is 47.4 Å². The summed E-state index contributed by atoms with van der Waals surface area (Å²) in [7, 11) is 0. The van der Waals surface area contributed by atoms with Crippen LogP contribution < -0.4 is 0 Å². The summed E-state index contributed by atoms with van der Waals surface area (Å²) in [5.74, 6) is 0.288. The Hall–Kier alpha value is -1.36. The summed E-state index contributed by atoms with van der Waals surface area (Å²) in [6.45, 7) is 7.61. The van der Waals surface area contributed by atoms with Crippen LogP contribution >= 0.6 is 0 Å². The van der Waals surface area contributed by atoms with Crippen molar-refractivity contribution in [2.75, 3.05) is 19.7 Å². The second-order valence-corrected chi connectivity index (χ2v) is 7.01. The maximum Gasteiger partial charge on any atom is 0.222 e. The smallest absolute Gasteiger partial charge is 0.222 e. The van der Waals surface area contributed by atoms with Crippen LogP contribution in [0.2, 0.25) is 0 Å². The van der Waals surface area contributed by atoms with Gasteiger partial charge >= 0.3 is 0 Å². The lowest BCUT2D eigenvalue weighted by atomic mass is 10.1. The zero-order valence-electron chi connectivity index (χ0n) is 14.5. The number of ether oxygens (including phenoxy) is 1. The van der Waals surface area contributed by atoms with Gasteiger partial charge in [-0.1, -0.05) is 12.8 Å². The Morgan fingerprint density at radius 3 is 2.65 bits per heavy atom. The molecule has 23 heavy (non-hydrogen) atoms. The SMILES string of the molecule is CC(C)n1nc(CCC(=O)N2CCCCCC2)c2c1CCOC2. The van der Waals surface area contributed by atoms with Crippen LogP contribution in [0, 0.1) is 0 Å². The molecule has 5 nitrogen and oxygen atoms in total. The van der Waals surface area contributed by atoms with Crippen molar-refractivity contribution in [3.63, 3.8) is 0 Å². The molecular weight excluding hydrogens is 290 g/mol. The summed E-state index contributed by atoms with van der Waals surface area (Å²) < 4.78 is 7.75. The number of aryl methyl sites for hydroxylation is 1. The van der Waals surface area contributed by atoms with Crippen LogP contribution in [-0.4, -0.2) is 40.3 Å². The highest BCUT2D eigenvalue weighted by Crippen LogP contribution is 2.25. The van der Waals surface area contributed by atoms with Crippen molar-refractivity contribution in [2.45, 2.75) is 71.4 Å². The number of amides is 1. The summed E-state index contributed by atoms with van der Waals surface area (Å²) >= 11 is 0. The third kappa shape index (κ3) is 3.77. The molecule has 0 aliphatic carbocycles. The van der Waals surface area contributed by atoms with Crippen LogP contribution in [0.4, 0.5) is 0 Å². The molecular formula is C18H29N3O2. The van der Waals surface area contributed by atoms with E-state index < -0.39 is 0 Å². The highest BCUT2D eigenvalue weighted by atomic mass is 16.5. The van der Waals surface area contributed by atoms with E-state index >= 15 is 0 Å². The van der Waals surface area contributed by atoms with Crippen LogP contribution in [0.1, 0.15) is 68.9 Å². The Kier molecular flexibility index (Phi) is 5.36. The molecule has 0 radical (unpaired) electrons. The molecule has 0 aromatic carbocycles. The fraction of sp³-hybridized carbons (Fsp3) is 0.778. The first-order chi connectivity index (χ1) is 11.2. The Bertz CT molecular complexity index is 543. The molecule has 0 spiro atoms. The van der Waals surface area contributed by atoms with Gasteiger partial charge in [-0.15, -0.1) is 0 Å². The summed E-state index contributed by atoms with van der Waals surface area (Å²) in [6.07, 6.45) is 7.05. The van der Waals surface area contributed by atoms with E-state index in [0.29, 0.717) is 19.1 Å². The van der Waals surface area contributed by atoms with Crippen LogP contribution in [0.15, 0.2) is 0 Å². The van der Waals surface area contributed by atoms with E-state index in [1.54, 1.807) is 0 Å². The second kappa shape index (κ2) is 7.47. The second-order valence-electron chi connectivity index (χ2n) is 7.01.